The molecule has 2 aliphatic rings. The number of ether oxygens (including phenoxy) is 1. The topological polar surface area (TPSA) is 49.9 Å². The van der Waals surface area contributed by atoms with Crippen molar-refractivity contribution in [1.82, 2.24) is 9.80 Å². The van der Waals surface area contributed by atoms with E-state index in [0.29, 0.717) is 17.2 Å². The molecule has 1 fully saturated rings. The third-order valence-corrected chi connectivity index (χ3v) is 5.96. The van der Waals surface area contributed by atoms with E-state index in [0.717, 1.165) is 48.4 Å². The summed E-state index contributed by atoms with van der Waals surface area (Å²) >= 11 is 0. The molecule has 0 saturated carbocycles. The number of aryl methyl sites for hydroxylation is 1. The smallest absolute Gasteiger partial charge is 0.278 e. The molecule has 2 heterocycles. The van der Waals surface area contributed by atoms with Gasteiger partial charge in [0.1, 0.15) is 11.4 Å². The summed E-state index contributed by atoms with van der Waals surface area (Å²) in [7, 11) is 1.62. The van der Waals surface area contributed by atoms with Crippen LogP contribution in [0.1, 0.15) is 36.5 Å². The van der Waals surface area contributed by atoms with Gasteiger partial charge in [-0.2, -0.15) is 0 Å². The molecule has 2 aromatic carbocycles. The van der Waals surface area contributed by atoms with Gasteiger partial charge in [-0.25, -0.2) is 0 Å². The summed E-state index contributed by atoms with van der Waals surface area (Å²) in [5, 5.41) is 0. The predicted octanol–water partition coefficient (Wildman–Crippen LogP) is 4.02. The van der Waals surface area contributed by atoms with Crippen molar-refractivity contribution in [3.05, 3.63) is 70.9 Å². The van der Waals surface area contributed by atoms with Gasteiger partial charge < -0.3 is 9.64 Å². The molecule has 5 nitrogen and oxygen atoms in total. The van der Waals surface area contributed by atoms with Crippen molar-refractivity contribution >= 4 is 17.4 Å². The first-order chi connectivity index (χ1) is 14.5. The van der Waals surface area contributed by atoms with Crippen molar-refractivity contribution in [1.29, 1.82) is 0 Å². The van der Waals surface area contributed by atoms with Gasteiger partial charge in [0.05, 0.1) is 19.2 Å². The molecule has 0 spiro atoms. The number of amides is 2. The van der Waals surface area contributed by atoms with E-state index < -0.39 is 0 Å². The Morgan fingerprint density at radius 2 is 1.70 bits per heavy atom. The number of piperidine rings is 1. The SMILES string of the molecule is COc1ccc(CN2C(=O)C(c3ccc(C)cc3)=C(N3CCCC(C)C3)C2=O)cc1. The second kappa shape index (κ2) is 8.34. The van der Waals surface area contributed by atoms with Crippen molar-refractivity contribution in [2.24, 2.45) is 5.92 Å². The molecule has 2 aromatic rings. The molecule has 5 heteroatoms. The van der Waals surface area contributed by atoms with Gasteiger partial charge >= 0.3 is 0 Å². The maximum atomic E-state index is 13.5. The van der Waals surface area contributed by atoms with Gasteiger partial charge in [0.2, 0.25) is 0 Å². The van der Waals surface area contributed by atoms with Crippen LogP contribution in [0.25, 0.3) is 5.57 Å². The zero-order valence-corrected chi connectivity index (χ0v) is 17.9. The molecule has 1 saturated heterocycles. The summed E-state index contributed by atoms with van der Waals surface area (Å²) < 4.78 is 5.21. The summed E-state index contributed by atoms with van der Waals surface area (Å²) in [4.78, 5) is 30.4. The molecule has 0 radical (unpaired) electrons. The first kappa shape index (κ1) is 20.2. The monoisotopic (exact) mass is 404 g/mol. The van der Waals surface area contributed by atoms with Gasteiger partial charge in [0.15, 0.2) is 0 Å². The average Bonchev–Trinajstić information content (AvgIpc) is 2.99. The summed E-state index contributed by atoms with van der Waals surface area (Å²) in [5.41, 5.74) is 3.92. The third-order valence-electron chi connectivity index (χ3n) is 5.96. The minimum Gasteiger partial charge on any atom is -0.497 e. The molecule has 2 aliphatic heterocycles. The highest BCUT2D eigenvalue weighted by Gasteiger charge is 2.42. The summed E-state index contributed by atoms with van der Waals surface area (Å²) in [6, 6.07) is 15.4. The van der Waals surface area contributed by atoms with E-state index in [4.69, 9.17) is 4.74 Å². The molecule has 0 aromatic heterocycles. The van der Waals surface area contributed by atoms with Crippen LogP contribution in [-0.2, 0) is 16.1 Å². The highest BCUT2D eigenvalue weighted by atomic mass is 16.5. The Labute approximate surface area is 177 Å². The minimum absolute atomic E-state index is 0.194. The molecule has 4 rings (SSSR count). The number of benzene rings is 2. The molecule has 0 N–H and O–H groups in total. The summed E-state index contributed by atoms with van der Waals surface area (Å²) in [5.74, 6) is 0.844. The lowest BCUT2D eigenvalue weighted by Crippen LogP contribution is -2.39. The number of imide groups is 1. The number of rotatable bonds is 5. The number of carbonyl (C=O) groups is 2. The van der Waals surface area contributed by atoms with Crippen molar-refractivity contribution in [2.45, 2.75) is 33.2 Å². The second-order valence-electron chi connectivity index (χ2n) is 8.33. The standard InChI is InChI=1S/C25H28N2O3/c1-17-6-10-20(11-7-17)22-23(26-14-4-5-18(2)15-26)25(29)27(24(22)28)16-19-8-12-21(30-3)13-9-19/h6-13,18H,4-5,14-16H2,1-3H3. The lowest BCUT2D eigenvalue weighted by Gasteiger charge is -2.33. The molecule has 30 heavy (non-hydrogen) atoms. The fraction of sp³-hybridized carbons (Fsp3) is 0.360. The average molecular weight is 405 g/mol. The number of carbonyl (C=O) groups excluding carboxylic acids is 2. The largest absolute Gasteiger partial charge is 0.497 e. The molecular formula is C25H28N2O3. The van der Waals surface area contributed by atoms with Crippen molar-refractivity contribution in [3.8, 4) is 5.75 Å². The Morgan fingerprint density at radius 3 is 2.33 bits per heavy atom. The first-order valence-corrected chi connectivity index (χ1v) is 10.5. The van der Waals surface area contributed by atoms with Crippen LogP contribution in [0.4, 0.5) is 0 Å². The van der Waals surface area contributed by atoms with Gasteiger partial charge in [0, 0.05) is 13.1 Å². The van der Waals surface area contributed by atoms with Gasteiger partial charge in [-0.15, -0.1) is 0 Å². The molecule has 0 bridgehead atoms. The second-order valence-corrected chi connectivity index (χ2v) is 8.33. The van der Waals surface area contributed by atoms with Crippen LogP contribution in [-0.4, -0.2) is 41.8 Å². The van der Waals surface area contributed by atoms with E-state index >= 15 is 0 Å². The Kier molecular flexibility index (Phi) is 5.62. The van der Waals surface area contributed by atoms with E-state index in [1.807, 2.05) is 55.5 Å². The van der Waals surface area contributed by atoms with Crippen LogP contribution in [0.3, 0.4) is 0 Å². The minimum atomic E-state index is -0.215. The highest BCUT2D eigenvalue weighted by Crippen LogP contribution is 2.35. The molecule has 1 atom stereocenters. The van der Waals surface area contributed by atoms with Crippen LogP contribution >= 0.6 is 0 Å². The quantitative estimate of drug-likeness (QED) is 0.707. The maximum absolute atomic E-state index is 13.5. The van der Waals surface area contributed by atoms with Gasteiger partial charge in [-0.1, -0.05) is 48.9 Å². The Morgan fingerprint density at radius 1 is 1.00 bits per heavy atom. The number of hydrogen-bond acceptors (Lipinski definition) is 4. The van der Waals surface area contributed by atoms with E-state index in [1.54, 1.807) is 7.11 Å². The Balaban J connectivity index is 1.70. The lowest BCUT2D eigenvalue weighted by atomic mass is 9.97. The molecule has 2 amide bonds. The van der Waals surface area contributed by atoms with E-state index in [2.05, 4.69) is 11.8 Å². The van der Waals surface area contributed by atoms with E-state index in [9.17, 15) is 9.59 Å². The van der Waals surface area contributed by atoms with Crippen molar-refractivity contribution in [2.75, 3.05) is 20.2 Å². The number of methoxy groups -OCH3 is 1. The van der Waals surface area contributed by atoms with Crippen LogP contribution in [0.2, 0.25) is 0 Å². The van der Waals surface area contributed by atoms with Crippen LogP contribution < -0.4 is 4.74 Å². The van der Waals surface area contributed by atoms with Gasteiger partial charge in [-0.05, 0) is 48.9 Å². The third kappa shape index (κ3) is 3.84. The van der Waals surface area contributed by atoms with Crippen LogP contribution in [0.5, 0.6) is 5.75 Å². The molecular weight excluding hydrogens is 376 g/mol. The van der Waals surface area contributed by atoms with Gasteiger partial charge in [0.25, 0.3) is 11.8 Å². The summed E-state index contributed by atoms with van der Waals surface area (Å²) in [6.07, 6.45) is 2.19. The fourth-order valence-corrected chi connectivity index (χ4v) is 4.29. The molecule has 0 aliphatic carbocycles. The fourth-order valence-electron chi connectivity index (χ4n) is 4.29. The summed E-state index contributed by atoms with van der Waals surface area (Å²) in [6.45, 7) is 6.09. The highest BCUT2D eigenvalue weighted by molar-refractivity contribution is 6.35. The molecule has 156 valence electrons. The lowest BCUT2D eigenvalue weighted by molar-refractivity contribution is -0.138. The van der Waals surface area contributed by atoms with Crippen molar-refractivity contribution < 1.29 is 14.3 Å². The normalized spacial score (nSPS) is 19.6. The number of hydrogen-bond donors (Lipinski definition) is 0. The number of likely N-dealkylation sites (tertiary alicyclic amines) is 1. The van der Waals surface area contributed by atoms with E-state index in [-0.39, 0.29) is 18.4 Å². The Hall–Kier alpha value is -3.08. The van der Waals surface area contributed by atoms with Crippen molar-refractivity contribution in [3.63, 3.8) is 0 Å². The first-order valence-electron chi connectivity index (χ1n) is 10.5. The van der Waals surface area contributed by atoms with Crippen LogP contribution in [0, 0.1) is 12.8 Å². The van der Waals surface area contributed by atoms with Gasteiger partial charge in [-0.3, -0.25) is 14.5 Å². The number of nitrogens with zero attached hydrogens (tertiary/aromatic N) is 2. The van der Waals surface area contributed by atoms with Crippen LogP contribution in [0.15, 0.2) is 54.2 Å². The maximum Gasteiger partial charge on any atom is 0.278 e. The van der Waals surface area contributed by atoms with E-state index in [1.165, 1.54) is 4.90 Å². The molecule has 1 unspecified atom stereocenters. The zero-order valence-electron chi connectivity index (χ0n) is 17.9. The Bertz CT molecular complexity index is 976. The zero-order chi connectivity index (χ0) is 21.3. The predicted molar refractivity (Wildman–Crippen MR) is 117 cm³/mol.